The van der Waals surface area contributed by atoms with E-state index in [9.17, 15) is 0 Å². The molecular weight excluding hydrogens is 254 g/mol. The second kappa shape index (κ2) is 6.15. The van der Waals surface area contributed by atoms with Gasteiger partial charge < -0.3 is 14.2 Å². The molecule has 74 valence electrons. The summed E-state index contributed by atoms with van der Waals surface area (Å²) in [7, 11) is 4.74. The third-order valence-electron chi connectivity index (χ3n) is 1.69. The number of hydrogen-bond acceptors (Lipinski definition) is 4. The average molecular weight is 266 g/mol. The summed E-state index contributed by atoms with van der Waals surface area (Å²) in [6.45, 7) is 0. The second-order valence-electron chi connectivity index (χ2n) is 2.38. The van der Waals surface area contributed by atoms with Crippen LogP contribution in [0.4, 0.5) is 0 Å². The van der Waals surface area contributed by atoms with Gasteiger partial charge in [0.2, 0.25) is 0 Å². The molecule has 0 saturated carbocycles. The third kappa shape index (κ3) is 2.79. The fourth-order valence-corrected chi connectivity index (χ4v) is 1.30. The Kier molecular flexibility index (Phi) is 5.97. The summed E-state index contributed by atoms with van der Waals surface area (Å²) in [5.74, 6) is 1.96. The van der Waals surface area contributed by atoms with Gasteiger partial charge in [-0.1, -0.05) is 0 Å². The Labute approximate surface area is 102 Å². The van der Waals surface area contributed by atoms with Crippen molar-refractivity contribution in [2.75, 3.05) is 21.3 Å². The van der Waals surface area contributed by atoms with E-state index in [0.717, 1.165) is 0 Å². The smallest absolute Gasteiger partial charge is 0.139 e. The average Bonchev–Trinajstić information content (AvgIpc) is 2.18. The van der Waals surface area contributed by atoms with Crippen LogP contribution in [-0.2, 0) is 19.5 Å². The van der Waals surface area contributed by atoms with Crippen LogP contribution in [0.25, 0.3) is 0 Å². The Bertz CT molecular complexity index is 279. The van der Waals surface area contributed by atoms with Gasteiger partial charge in [0.15, 0.2) is 0 Å². The van der Waals surface area contributed by atoms with Crippen molar-refractivity contribution in [3.63, 3.8) is 0 Å². The van der Waals surface area contributed by atoms with Crippen LogP contribution in [0.2, 0.25) is 0 Å². The maximum Gasteiger partial charge on any atom is 0.139 e. The van der Waals surface area contributed by atoms with Crippen molar-refractivity contribution in [1.82, 2.24) is 0 Å². The largest absolute Gasteiger partial charge is 0.496 e. The molecule has 1 aromatic carbocycles. The predicted molar refractivity (Wildman–Crippen MR) is 53.4 cm³/mol. The van der Waals surface area contributed by atoms with E-state index in [1.165, 1.54) is 0 Å². The number of hydrogen-bond donors (Lipinski definition) is 1. The van der Waals surface area contributed by atoms with E-state index < -0.39 is 0 Å². The van der Waals surface area contributed by atoms with Crippen LogP contribution < -0.4 is 14.2 Å². The van der Waals surface area contributed by atoms with Crippen LogP contribution in [0.3, 0.4) is 0 Å². The van der Waals surface area contributed by atoms with Gasteiger partial charge in [0.25, 0.3) is 0 Å². The van der Waals surface area contributed by atoms with Gasteiger partial charge in [0, 0.05) is 31.6 Å². The fraction of sp³-hybridized carbons (Fsp3) is 0.333. The van der Waals surface area contributed by atoms with E-state index in [0.29, 0.717) is 22.1 Å². The minimum Gasteiger partial charge on any atom is -0.496 e. The minimum atomic E-state index is 0. The number of benzene rings is 1. The first-order valence-corrected chi connectivity index (χ1v) is 4.16. The zero-order valence-electron chi connectivity index (χ0n) is 8.53. The molecule has 0 bridgehead atoms. The molecule has 14 heavy (non-hydrogen) atoms. The maximum absolute atomic E-state index is 5.09. The van der Waals surface area contributed by atoms with E-state index in [1.54, 1.807) is 33.5 Å². The van der Waals surface area contributed by atoms with E-state index in [4.69, 9.17) is 14.2 Å². The summed E-state index contributed by atoms with van der Waals surface area (Å²) in [5, 5.41) is 0. The molecule has 0 aliphatic carbocycles. The molecule has 0 N–H and O–H groups in total. The summed E-state index contributed by atoms with van der Waals surface area (Å²) in [6, 6.07) is 3.51. The SMILES string of the molecule is COc1cc(OC)c(S)c(OC)c1.[Zn]. The molecule has 3 nitrogen and oxygen atoms in total. The van der Waals surface area contributed by atoms with Crippen LogP contribution in [0.5, 0.6) is 17.2 Å². The molecular formula is C9H12O3SZn. The van der Waals surface area contributed by atoms with E-state index >= 15 is 0 Å². The summed E-state index contributed by atoms with van der Waals surface area (Å²) in [4.78, 5) is 0.672. The molecule has 0 fully saturated rings. The van der Waals surface area contributed by atoms with Crippen LogP contribution in [0, 0.1) is 0 Å². The normalized spacial score (nSPS) is 8.86. The zero-order chi connectivity index (χ0) is 9.84. The number of rotatable bonds is 3. The fourth-order valence-electron chi connectivity index (χ4n) is 0.987. The third-order valence-corrected chi connectivity index (χ3v) is 2.13. The molecule has 0 unspecified atom stereocenters. The van der Waals surface area contributed by atoms with Crippen LogP contribution in [0.1, 0.15) is 0 Å². The van der Waals surface area contributed by atoms with E-state index in [1.807, 2.05) is 0 Å². The van der Waals surface area contributed by atoms with Crippen molar-refractivity contribution >= 4 is 12.6 Å². The summed E-state index contributed by atoms with van der Waals surface area (Å²) < 4.78 is 15.2. The molecule has 1 aromatic rings. The van der Waals surface area contributed by atoms with Gasteiger partial charge in [-0.3, -0.25) is 0 Å². The molecule has 0 saturated heterocycles. The number of methoxy groups -OCH3 is 3. The number of ether oxygens (including phenoxy) is 3. The van der Waals surface area contributed by atoms with Gasteiger partial charge in [-0.2, -0.15) is 0 Å². The molecule has 0 radical (unpaired) electrons. The molecule has 0 aliphatic heterocycles. The monoisotopic (exact) mass is 264 g/mol. The molecule has 0 spiro atoms. The Hall–Kier alpha value is -0.407. The van der Waals surface area contributed by atoms with Gasteiger partial charge in [0.05, 0.1) is 26.2 Å². The minimum absolute atomic E-state index is 0. The summed E-state index contributed by atoms with van der Waals surface area (Å²) in [6.07, 6.45) is 0. The predicted octanol–water partition coefficient (Wildman–Crippen LogP) is 2.00. The molecule has 0 atom stereocenters. The molecule has 0 amide bonds. The van der Waals surface area contributed by atoms with Gasteiger partial charge >= 0.3 is 0 Å². The summed E-state index contributed by atoms with van der Waals surface area (Å²) in [5.41, 5.74) is 0. The Morgan fingerprint density at radius 3 is 1.64 bits per heavy atom. The van der Waals surface area contributed by atoms with E-state index in [2.05, 4.69) is 12.6 Å². The number of thiol groups is 1. The molecule has 0 aliphatic rings. The standard InChI is InChI=1S/C9H12O3S.Zn/c1-10-6-4-7(11-2)9(13)8(5-6)12-3;/h4-5,13H,1-3H3;. The first-order valence-electron chi connectivity index (χ1n) is 3.72. The Morgan fingerprint density at radius 2 is 1.36 bits per heavy atom. The first kappa shape index (κ1) is 13.6. The van der Waals surface area contributed by atoms with Crippen molar-refractivity contribution in [2.24, 2.45) is 0 Å². The van der Waals surface area contributed by atoms with Gasteiger partial charge in [-0.05, 0) is 0 Å². The Morgan fingerprint density at radius 1 is 0.929 bits per heavy atom. The van der Waals surface area contributed by atoms with Gasteiger partial charge in [0.1, 0.15) is 17.2 Å². The molecule has 0 aromatic heterocycles. The van der Waals surface area contributed by atoms with Gasteiger partial charge in [-0.25, -0.2) is 0 Å². The quantitative estimate of drug-likeness (QED) is 0.669. The molecule has 0 heterocycles. The van der Waals surface area contributed by atoms with Crippen LogP contribution in [-0.4, -0.2) is 21.3 Å². The van der Waals surface area contributed by atoms with Crippen LogP contribution >= 0.6 is 12.6 Å². The molecule has 5 heteroatoms. The summed E-state index contributed by atoms with van der Waals surface area (Å²) >= 11 is 4.25. The first-order chi connectivity index (χ1) is 6.22. The Balaban J connectivity index is 0.00000169. The topological polar surface area (TPSA) is 27.7 Å². The second-order valence-corrected chi connectivity index (χ2v) is 2.83. The maximum atomic E-state index is 5.09. The van der Waals surface area contributed by atoms with Crippen molar-refractivity contribution in [3.8, 4) is 17.2 Å². The van der Waals surface area contributed by atoms with Crippen molar-refractivity contribution in [2.45, 2.75) is 4.90 Å². The van der Waals surface area contributed by atoms with Gasteiger partial charge in [-0.15, -0.1) is 12.6 Å². The molecule has 1 rings (SSSR count). The van der Waals surface area contributed by atoms with Crippen molar-refractivity contribution in [3.05, 3.63) is 12.1 Å². The van der Waals surface area contributed by atoms with Crippen molar-refractivity contribution < 1.29 is 33.7 Å². The van der Waals surface area contributed by atoms with Crippen molar-refractivity contribution in [1.29, 1.82) is 0 Å². The van der Waals surface area contributed by atoms with E-state index in [-0.39, 0.29) is 19.5 Å². The zero-order valence-corrected chi connectivity index (χ0v) is 12.4. The van der Waals surface area contributed by atoms with Crippen LogP contribution in [0.15, 0.2) is 17.0 Å².